The molecule has 1 aliphatic rings. The Hall–Kier alpha value is -4.55. The number of aryl methyl sites for hydroxylation is 2. The highest BCUT2D eigenvalue weighted by Gasteiger charge is 2.29. The lowest BCUT2D eigenvalue weighted by atomic mass is 9.80. The molecule has 7 nitrogen and oxygen atoms in total. The van der Waals surface area contributed by atoms with E-state index in [-0.39, 0.29) is 28.0 Å². The second-order valence-corrected chi connectivity index (χ2v) is 24.2. The maximum absolute atomic E-state index is 5.91. The minimum absolute atomic E-state index is 0.0559. The van der Waals surface area contributed by atoms with Crippen molar-refractivity contribution in [3.8, 4) is 34.2 Å². The van der Waals surface area contributed by atoms with Crippen molar-refractivity contribution >= 4 is 27.3 Å². The van der Waals surface area contributed by atoms with Crippen LogP contribution in [0.3, 0.4) is 0 Å². The summed E-state index contributed by atoms with van der Waals surface area (Å²) >= 11 is 0. The molecule has 388 valence electrons. The second-order valence-electron chi connectivity index (χ2n) is 22.2. The first kappa shape index (κ1) is 57.4. The number of likely N-dealkylation sites (tertiary alicyclic amines) is 1. The van der Waals surface area contributed by atoms with E-state index in [1.54, 1.807) is 0 Å². The van der Waals surface area contributed by atoms with Crippen LogP contribution in [0.4, 0.5) is 0 Å². The maximum Gasteiger partial charge on any atom is 0.0696 e. The molecule has 0 bridgehead atoms. The molecular weight excluding hydrogens is 887 g/mol. The minimum Gasteiger partial charge on any atom is -0.379 e. The lowest BCUT2D eigenvalue weighted by molar-refractivity contribution is 0.201. The molecule has 4 atom stereocenters. The van der Waals surface area contributed by atoms with E-state index < -0.39 is 0 Å². The predicted octanol–water partition coefficient (Wildman–Crippen LogP) is 13.7. The van der Waals surface area contributed by atoms with Crippen LogP contribution in [-0.2, 0) is 19.4 Å². The summed E-state index contributed by atoms with van der Waals surface area (Å²) in [7, 11) is 4.52. The van der Waals surface area contributed by atoms with Gasteiger partial charge in [0, 0.05) is 66.8 Å². The lowest BCUT2D eigenvalue weighted by Gasteiger charge is -2.36. The van der Waals surface area contributed by atoms with Gasteiger partial charge in [-0.05, 0) is 173 Å². The topological polar surface area (TPSA) is 65.6 Å². The van der Waals surface area contributed by atoms with Crippen LogP contribution in [0.5, 0.6) is 0 Å². The fraction of sp³-hybridized carbons (Fsp3) is 0.556. The van der Waals surface area contributed by atoms with Gasteiger partial charge in [0.1, 0.15) is 0 Å². The highest BCUT2D eigenvalue weighted by atomic mass is 32.2. The molecule has 1 fully saturated rings. The zero-order valence-corrected chi connectivity index (χ0v) is 47.5. The van der Waals surface area contributed by atoms with Gasteiger partial charge in [0.2, 0.25) is 0 Å². The summed E-state index contributed by atoms with van der Waals surface area (Å²) in [5, 5.41) is 5.23. The van der Waals surface area contributed by atoms with Gasteiger partial charge in [-0.25, -0.2) is 0 Å². The summed E-state index contributed by atoms with van der Waals surface area (Å²) in [4.78, 5) is 12.3. The Balaban J connectivity index is 1.59. The number of likely N-dealkylation sites (N-methyl/N-ethyl adjacent to an activating group) is 2. The molecule has 0 aliphatic carbocycles. The first-order valence-electron chi connectivity index (χ1n) is 27.1. The van der Waals surface area contributed by atoms with Crippen LogP contribution >= 0.6 is 10.5 Å². The molecule has 2 aromatic heterocycles. The van der Waals surface area contributed by atoms with E-state index in [1.807, 2.05) is 12.4 Å². The molecule has 8 heteroatoms. The van der Waals surface area contributed by atoms with Crippen molar-refractivity contribution in [2.24, 2.45) is 23.0 Å². The molecular formula is C63H95N7S. The third-order valence-corrected chi connectivity index (χ3v) is 16.2. The van der Waals surface area contributed by atoms with E-state index in [1.165, 1.54) is 80.7 Å². The molecule has 1 aliphatic heterocycles. The summed E-state index contributed by atoms with van der Waals surface area (Å²) in [6.07, 6.45) is 17.1. The largest absolute Gasteiger partial charge is 0.379 e. The summed E-state index contributed by atoms with van der Waals surface area (Å²) in [6.45, 7) is 39.8. The van der Waals surface area contributed by atoms with Crippen molar-refractivity contribution in [3.05, 3.63) is 114 Å². The monoisotopic (exact) mass is 982 g/mol. The van der Waals surface area contributed by atoms with Gasteiger partial charge in [-0.15, -0.1) is 0 Å². The number of benzene rings is 2. The molecule has 0 amide bonds. The highest BCUT2D eigenvalue weighted by Crippen LogP contribution is 2.43. The highest BCUT2D eigenvalue weighted by molar-refractivity contribution is 8.13. The van der Waals surface area contributed by atoms with Crippen LogP contribution < -0.4 is 11.1 Å². The predicted molar refractivity (Wildman–Crippen MR) is 315 cm³/mol. The zero-order chi connectivity index (χ0) is 52.0. The summed E-state index contributed by atoms with van der Waals surface area (Å²) in [6, 6.07) is 16.7. The smallest absolute Gasteiger partial charge is 0.0696 e. The SMILES string of the molecule is C=CN(C)C(C(=C)NC(Cc1cc(C)cc(-c2ccc3c(c2)c(CC(C)(C)CCC)c(-c2cc(C#CCN4CCC(CCS(=C)C)CC4)cnc2C(C)CC)n3CC)c1)C(=C)N(C)CCCCN)C(C)C. The van der Waals surface area contributed by atoms with Crippen LogP contribution in [0.15, 0.2) is 86.0 Å². The Bertz CT molecular complexity index is 2490. The third-order valence-electron chi connectivity index (χ3n) is 15.3. The molecule has 3 N–H and O–H groups in total. The van der Waals surface area contributed by atoms with Crippen molar-refractivity contribution in [1.82, 2.24) is 29.6 Å². The van der Waals surface area contributed by atoms with Gasteiger partial charge in [0.15, 0.2) is 0 Å². The molecule has 4 aromatic rings. The van der Waals surface area contributed by atoms with E-state index >= 15 is 0 Å². The molecule has 0 radical (unpaired) electrons. The fourth-order valence-electron chi connectivity index (χ4n) is 11.1. The first-order valence-corrected chi connectivity index (χ1v) is 29.1. The first-order chi connectivity index (χ1) is 33.8. The van der Waals surface area contributed by atoms with Gasteiger partial charge in [0.05, 0.1) is 30.0 Å². The number of rotatable bonds is 27. The van der Waals surface area contributed by atoms with Crippen molar-refractivity contribution in [2.75, 3.05) is 58.8 Å². The number of aromatic nitrogens is 2. The average Bonchev–Trinajstić information content (AvgIpc) is 3.63. The molecule has 4 unspecified atom stereocenters. The Morgan fingerprint density at radius 3 is 2.39 bits per heavy atom. The van der Waals surface area contributed by atoms with E-state index in [4.69, 9.17) is 17.3 Å². The van der Waals surface area contributed by atoms with Crippen LogP contribution in [-0.4, -0.2) is 101 Å². The van der Waals surface area contributed by atoms with Gasteiger partial charge >= 0.3 is 0 Å². The summed E-state index contributed by atoms with van der Waals surface area (Å²) < 4.78 is 2.57. The van der Waals surface area contributed by atoms with Gasteiger partial charge in [-0.3, -0.25) is 9.88 Å². The number of nitrogens with two attached hydrogens (primary N) is 1. The van der Waals surface area contributed by atoms with Gasteiger partial charge < -0.3 is 25.4 Å². The number of piperidine rings is 1. The number of nitrogens with zero attached hydrogens (tertiary/aromatic N) is 5. The van der Waals surface area contributed by atoms with E-state index in [2.05, 4.69) is 181 Å². The average molecular weight is 983 g/mol. The van der Waals surface area contributed by atoms with E-state index in [0.717, 1.165) is 101 Å². The summed E-state index contributed by atoms with van der Waals surface area (Å²) in [5.74, 6) is 14.2. The van der Waals surface area contributed by atoms with Crippen LogP contribution in [0, 0.1) is 36.0 Å². The minimum atomic E-state index is -0.0559. The number of pyridine rings is 1. The van der Waals surface area contributed by atoms with Gasteiger partial charge in [-0.2, -0.15) is 10.5 Å². The molecule has 71 heavy (non-hydrogen) atoms. The number of unbranched alkanes of at least 4 members (excludes halogenated alkanes) is 1. The number of hydrogen-bond donors (Lipinski definition) is 2. The van der Waals surface area contributed by atoms with Crippen molar-refractivity contribution in [3.63, 3.8) is 0 Å². The van der Waals surface area contributed by atoms with Crippen molar-refractivity contribution in [2.45, 2.75) is 151 Å². The quantitative estimate of drug-likeness (QED) is 0.0353. The Labute approximate surface area is 435 Å². The zero-order valence-electron chi connectivity index (χ0n) is 46.7. The van der Waals surface area contributed by atoms with Gasteiger partial charge in [-0.1, -0.05) is 122 Å². The Morgan fingerprint density at radius 2 is 1.76 bits per heavy atom. The van der Waals surface area contributed by atoms with Gasteiger partial charge in [0.25, 0.3) is 0 Å². The number of fused-ring (bicyclic) bond motifs is 1. The van der Waals surface area contributed by atoms with Crippen LogP contribution in [0.1, 0.15) is 141 Å². The van der Waals surface area contributed by atoms with Crippen molar-refractivity contribution < 1.29 is 0 Å². The van der Waals surface area contributed by atoms with Crippen molar-refractivity contribution in [1.29, 1.82) is 0 Å². The maximum atomic E-state index is 5.91. The Kier molecular flexibility index (Phi) is 21.8. The normalized spacial score (nSPS) is 15.2. The van der Waals surface area contributed by atoms with Crippen LogP contribution in [0.2, 0.25) is 0 Å². The molecule has 3 heterocycles. The van der Waals surface area contributed by atoms with E-state index in [0.29, 0.717) is 18.4 Å². The number of hydrogen-bond acceptors (Lipinski definition) is 6. The standard InChI is InChI=1S/C63H95N7S/c1-17-30-63(11,12)43-57-55-42-53(54-38-46(7)37-52(39-54)41-58(49(10)68(14)32-22-21-31-64)66-48(9)61(45(5)6)67(13)19-3)25-26-59(55)70(20-4)62(57)56-40-51(44-65-60(56)47(8)18-2)24-23-33-69-34-27-50(28-35-69)29-36-71(15)16/h19,25-26,37-40,42,44-45,47,50,58,61,66H,3,9-10,15,17-18,20-22,27-36,41,43,64H2,1-2,4-8,11-14,16H3. The third kappa shape index (κ3) is 15.5. The number of nitrogens with one attached hydrogen (secondary N) is 1. The molecule has 0 spiro atoms. The van der Waals surface area contributed by atoms with E-state index in [9.17, 15) is 0 Å². The fourth-order valence-corrected chi connectivity index (χ4v) is 11.9. The van der Waals surface area contributed by atoms with Crippen LogP contribution in [0.25, 0.3) is 33.3 Å². The Morgan fingerprint density at radius 1 is 1.03 bits per heavy atom. The molecule has 1 saturated heterocycles. The molecule has 0 saturated carbocycles. The molecule has 5 rings (SSSR count). The molecule has 2 aromatic carbocycles. The second kappa shape index (κ2) is 26.9. The summed E-state index contributed by atoms with van der Waals surface area (Å²) in [5.41, 5.74) is 20.4. The lowest BCUT2D eigenvalue weighted by Crippen LogP contribution is -2.45.